The van der Waals surface area contributed by atoms with Crippen LogP contribution in [-0.2, 0) is 16.1 Å². The quantitative estimate of drug-likeness (QED) is 0.828. The summed E-state index contributed by atoms with van der Waals surface area (Å²) < 4.78 is 0. The summed E-state index contributed by atoms with van der Waals surface area (Å²) in [5.74, 6) is -1.41. The Morgan fingerprint density at radius 3 is 2.68 bits per heavy atom. The zero-order chi connectivity index (χ0) is 14.4. The van der Waals surface area contributed by atoms with Crippen LogP contribution in [0, 0.1) is 0 Å². The highest BCUT2D eigenvalue weighted by atomic mass is 35.5. The van der Waals surface area contributed by atoms with Gasteiger partial charge in [0, 0.05) is 25.0 Å². The third kappa shape index (κ3) is 5.72. The fourth-order valence-corrected chi connectivity index (χ4v) is 1.97. The third-order valence-electron chi connectivity index (χ3n) is 2.51. The van der Waals surface area contributed by atoms with Crippen LogP contribution in [0.5, 0.6) is 0 Å². The predicted octanol–water partition coefficient (Wildman–Crippen LogP) is 1.36. The molecule has 19 heavy (non-hydrogen) atoms. The fourth-order valence-electron chi connectivity index (χ4n) is 1.75. The summed E-state index contributed by atoms with van der Waals surface area (Å²) in [6, 6.07) is 6.45. The molecule has 2 N–H and O–H groups in total. The van der Waals surface area contributed by atoms with Gasteiger partial charge in [0.2, 0.25) is 5.91 Å². The van der Waals surface area contributed by atoms with Gasteiger partial charge in [0.05, 0.1) is 0 Å². The summed E-state index contributed by atoms with van der Waals surface area (Å²) >= 11 is 5.88. The lowest BCUT2D eigenvalue weighted by atomic mass is 10.2. The van der Waals surface area contributed by atoms with Crippen LogP contribution in [0.15, 0.2) is 24.3 Å². The molecule has 0 radical (unpaired) electrons. The molecule has 1 amide bonds. The second-order valence-corrected chi connectivity index (χ2v) is 4.85. The minimum absolute atomic E-state index is 0.224. The molecule has 0 aromatic heterocycles. The Balaban J connectivity index is 2.59. The van der Waals surface area contributed by atoms with E-state index in [0.717, 1.165) is 5.56 Å². The molecule has 6 heteroatoms. The SMILES string of the molecule is CC(=O)NC(CN(C)Cc1cccc(Cl)c1)C(=O)O. The molecular formula is C13H17ClN2O3. The molecule has 1 aromatic rings. The summed E-state index contributed by atoms with van der Waals surface area (Å²) in [5, 5.41) is 12.1. The van der Waals surface area contributed by atoms with Crippen molar-refractivity contribution < 1.29 is 14.7 Å². The first kappa shape index (κ1) is 15.5. The number of carboxylic acids is 1. The molecule has 0 aliphatic heterocycles. The van der Waals surface area contributed by atoms with Crippen molar-refractivity contribution in [3.63, 3.8) is 0 Å². The third-order valence-corrected chi connectivity index (χ3v) is 2.75. The van der Waals surface area contributed by atoms with E-state index in [1.165, 1.54) is 6.92 Å². The van der Waals surface area contributed by atoms with Crippen molar-refractivity contribution in [2.45, 2.75) is 19.5 Å². The van der Waals surface area contributed by atoms with Crippen molar-refractivity contribution in [2.24, 2.45) is 0 Å². The van der Waals surface area contributed by atoms with Crippen LogP contribution < -0.4 is 5.32 Å². The average Bonchev–Trinajstić information content (AvgIpc) is 2.27. The number of carbonyl (C=O) groups is 2. The summed E-state index contributed by atoms with van der Waals surface area (Å²) in [6.07, 6.45) is 0. The number of likely N-dealkylation sites (N-methyl/N-ethyl adjacent to an activating group) is 1. The highest BCUT2D eigenvalue weighted by Gasteiger charge is 2.20. The molecule has 0 heterocycles. The number of nitrogens with one attached hydrogen (secondary N) is 1. The van der Waals surface area contributed by atoms with Crippen molar-refractivity contribution in [1.82, 2.24) is 10.2 Å². The lowest BCUT2D eigenvalue weighted by Crippen LogP contribution is -2.46. The van der Waals surface area contributed by atoms with Gasteiger partial charge < -0.3 is 10.4 Å². The Hall–Kier alpha value is -1.59. The van der Waals surface area contributed by atoms with Crippen molar-refractivity contribution in [3.05, 3.63) is 34.9 Å². The number of carboxylic acid groups (broad SMARTS) is 1. The molecule has 1 atom stereocenters. The van der Waals surface area contributed by atoms with Gasteiger partial charge in [0.1, 0.15) is 6.04 Å². The molecule has 1 rings (SSSR count). The standard InChI is InChI=1S/C13H17ClN2O3/c1-9(17)15-12(13(18)19)8-16(2)7-10-4-3-5-11(14)6-10/h3-6,12H,7-8H2,1-2H3,(H,15,17)(H,18,19). The molecule has 104 valence electrons. The Morgan fingerprint density at radius 2 is 2.16 bits per heavy atom. The zero-order valence-electron chi connectivity index (χ0n) is 10.9. The first-order chi connectivity index (χ1) is 8.88. The lowest BCUT2D eigenvalue weighted by Gasteiger charge is -2.21. The second kappa shape index (κ2) is 7.11. The van der Waals surface area contributed by atoms with E-state index in [0.29, 0.717) is 11.6 Å². The summed E-state index contributed by atoms with van der Waals surface area (Å²) in [5.41, 5.74) is 0.988. The number of rotatable bonds is 6. The molecular weight excluding hydrogens is 268 g/mol. The van der Waals surface area contributed by atoms with Gasteiger partial charge in [0.15, 0.2) is 0 Å². The molecule has 0 aliphatic carbocycles. The van der Waals surface area contributed by atoms with E-state index in [4.69, 9.17) is 16.7 Å². The zero-order valence-corrected chi connectivity index (χ0v) is 11.6. The van der Waals surface area contributed by atoms with E-state index in [9.17, 15) is 9.59 Å². The van der Waals surface area contributed by atoms with Gasteiger partial charge in [0.25, 0.3) is 0 Å². The maximum Gasteiger partial charge on any atom is 0.327 e. The summed E-state index contributed by atoms with van der Waals surface area (Å²) in [6.45, 7) is 2.08. The summed E-state index contributed by atoms with van der Waals surface area (Å²) in [4.78, 5) is 23.8. The van der Waals surface area contributed by atoms with Gasteiger partial charge in [-0.25, -0.2) is 4.79 Å². The minimum Gasteiger partial charge on any atom is -0.480 e. The van der Waals surface area contributed by atoms with Crippen LogP contribution in [-0.4, -0.2) is 41.5 Å². The highest BCUT2D eigenvalue weighted by Crippen LogP contribution is 2.12. The molecule has 1 aromatic carbocycles. The molecule has 0 spiro atoms. The smallest absolute Gasteiger partial charge is 0.327 e. The Labute approximate surface area is 117 Å². The number of amides is 1. The molecule has 0 saturated heterocycles. The molecule has 0 aliphatic rings. The number of halogens is 1. The van der Waals surface area contributed by atoms with E-state index >= 15 is 0 Å². The minimum atomic E-state index is -1.05. The van der Waals surface area contributed by atoms with Crippen molar-refractivity contribution >= 4 is 23.5 Å². The maximum atomic E-state index is 11.0. The van der Waals surface area contributed by atoms with Crippen LogP contribution in [0.4, 0.5) is 0 Å². The molecule has 0 saturated carbocycles. The van der Waals surface area contributed by atoms with E-state index < -0.39 is 12.0 Å². The van der Waals surface area contributed by atoms with Crippen molar-refractivity contribution in [3.8, 4) is 0 Å². The Bertz CT molecular complexity index is 465. The topological polar surface area (TPSA) is 69.6 Å². The van der Waals surface area contributed by atoms with Crippen LogP contribution in [0.2, 0.25) is 5.02 Å². The summed E-state index contributed by atoms with van der Waals surface area (Å²) in [7, 11) is 1.79. The highest BCUT2D eigenvalue weighted by molar-refractivity contribution is 6.30. The van der Waals surface area contributed by atoms with Gasteiger partial charge in [-0.1, -0.05) is 23.7 Å². The fraction of sp³-hybridized carbons (Fsp3) is 0.385. The van der Waals surface area contributed by atoms with Gasteiger partial charge in [-0.05, 0) is 24.7 Å². The molecule has 0 bridgehead atoms. The lowest BCUT2D eigenvalue weighted by molar-refractivity contribution is -0.142. The van der Waals surface area contributed by atoms with Crippen LogP contribution in [0.25, 0.3) is 0 Å². The van der Waals surface area contributed by atoms with Crippen molar-refractivity contribution in [1.29, 1.82) is 0 Å². The maximum absolute atomic E-state index is 11.0. The van der Waals surface area contributed by atoms with E-state index in [-0.39, 0.29) is 12.5 Å². The van der Waals surface area contributed by atoms with Gasteiger partial charge in [-0.2, -0.15) is 0 Å². The van der Waals surface area contributed by atoms with Gasteiger partial charge in [-0.3, -0.25) is 9.69 Å². The molecule has 5 nitrogen and oxygen atoms in total. The Kier molecular flexibility index (Phi) is 5.79. The second-order valence-electron chi connectivity index (χ2n) is 4.42. The predicted molar refractivity (Wildman–Crippen MR) is 73.0 cm³/mol. The average molecular weight is 285 g/mol. The number of hydrogen-bond donors (Lipinski definition) is 2. The van der Waals surface area contributed by atoms with Crippen LogP contribution in [0.3, 0.4) is 0 Å². The van der Waals surface area contributed by atoms with E-state index in [2.05, 4.69) is 5.32 Å². The number of aliphatic carboxylic acids is 1. The largest absolute Gasteiger partial charge is 0.480 e. The number of benzene rings is 1. The van der Waals surface area contributed by atoms with Crippen molar-refractivity contribution in [2.75, 3.05) is 13.6 Å². The van der Waals surface area contributed by atoms with Crippen LogP contribution in [0.1, 0.15) is 12.5 Å². The molecule has 0 fully saturated rings. The van der Waals surface area contributed by atoms with Gasteiger partial charge >= 0.3 is 5.97 Å². The first-order valence-corrected chi connectivity index (χ1v) is 6.19. The normalized spacial score (nSPS) is 12.2. The van der Waals surface area contributed by atoms with Gasteiger partial charge in [-0.15, -0.1) is 0 Å². The monoisotopic (exact) mass is 284 g/mol. The first-order valence-electron chi connectivity index (χ1n) is 5.81. The number of nitrogens with zero attached hydrogens (tertiary/aromatic N) is 1. The van der Waals surface area contributed by atoms with Crippen LogP contribution >= 0.6 is 11.6 Å². The van der Waals surface area contributed by atoms with E-state index in [1.54, 1.807) is 13.1 Å². The number of hydrogen-bond acceptors (Lipinski definition) is 3. The Morgan fingerprint density at radius 1 is 1.47 bits per heavy atom. The number of carbonyl (C=O) groups excluding carboxylic acids is 1. The molecule has 1 unspecified atom stereocenters. The van der Waals surface area contributed by atoms with E-state index in [1.807, 2.05) is 23.1 Å².